The third-order valence-corrected chi connectivity index (χ3v) is 5.40. The number of nitrogens with zero attached hydrogens (tertiary/aromatic N) is 4. The van der Waals surface area contributed by atoms with Crippen LogP contribution < -0.4 is 5.32 Å². The van der Waals surface area contributed by atoms with Gasteiger partial charge in [-0.3, -0.25) is 4.40 Å². The number of hydrogen-bond acceptors (Lipinski definition) is 6. The van der Waals surface area contributed by atoms with E-state index in [0.29, 0.717) is 16.6 Å². The van der Waals surface area contributed by atoms with Gasteiger partial charge in [0.1, 0.15) is 15.5 Å². The highest BCUT2D eigenvalue weighted by atomic mass is 35.5. The molecular weight excluding hydrogens is 386 g/mol. The Morgan fingerprint density at radius 2 is 1.96 bits per heavy atom. The van der Waals surface area contributed by atoms with Crippen molar-refractivity contribution in [1.29, 1.82) is 0 Å². The first-order valence-electron chi connectivity index (χ1n) is 8.22. The average Bonchev–Trinajstić information content (AvgIpc) is 3.11. The number of fused-ring (bicyclic) bond motifs is 3. The van der Waals surface area contributed by atoms with Crippen LogP contribution in [0, 0.1) is 0 Å². The molecule has 0 saturated carbocycles. The van der Waals surface area contributed by atoms with Crippen LogP contribution in [0.1, 0.15) is 0 Å². The van der Waals surface area contributed by atoms with E-state index in [4.69, 9.17) is 11.6 Å². The number of pyridine rings is 1. The predicted octanol–water partition coefficient (Wildman–Crippen LogP) is 3.05. The Balaban J connectivity index is 1.80. The van der Waals surface area contributed by atoms with Crippen LogP contribution in [0.15, 0.2) is 48.9 Å². The lowest BCUT2D eigenvalue weighted by atomic mass is 10.1. The summed E-state index contributed by atoms with van der Waals surface area (Å²) >= 11 is 6.37. The van der Waals surface area contributed by atoms with E-state index in [9.17, 15) is 8.42 Å². The molecule has 9 heteroatoms. The van der Waals surface area contributed by atoms with E-state index in [1.54, 1.807) is 12.4 Å². The maximum atomic E-state index is 11.3. The molecule has 0 atom stereocenters. The lowest BCUT2D eigenvalue weighted by Crippen LogP contribution is -2.15. The van der Waals surface area contributed by atoms with Crippen molar-refractivity contribution >= 4 is 44.1 Å². The number of hydrogen-bond donors (Lipinski definition) is 1. The van der Waals surface area contributed by atoms with E-state index in [1.807, 2.05) is 40.9 Å². The standard InChI is InChI=1S/C18H16ClN5O2S/c1-27(25,26)9-7-21-18-22-11-12-10-14(13-4-2-3-5-15(13)19)17-20-6-8-24(17)16(12)23-18/h2-6,8,10-11H,7,9H2,1H3,(H,21,22,23). The summed E-state index contributed by atoms with van der Waals surface area (Å²) in [6.07, 6.45) is 6.42. The van der Waals surface area contributed by atoms with Gasteiger partial charge in [-0.15, -0.1) is 0 Å². The zero-order valence-electron chi connectivity index (χ0n) is 14.4. The molecule has 4 aromatic rings. The van der Waals surface area contributed by atoms with Crippen LogP contribution in [0.25, 0.3) is 27.8 Å². The zero-order chi connectivity index (χ0) is 19.0. The largest absolute Gasteiger partial charge is 0.353 e. The van der Waals surface area contributed by atoms with Crippen molar-refractivity contribution in [3.8, 4) is 11.1 Å². The van der Waals surface area contributed by atoms with E-state index in [2.05, 4.69) is 20.3 Å². The van der Waals surface area contributed by atoms with E-state index < -0.39 is 9.84 Å². The molecule has 0 fully saturated rings. The van der Waals surface area contributed by atoms with Gasteiger partial charge >= 0.3 is 0 Å². The topological polar surface area (TPSA) is 89.2 Å². The highest BCUT2D eigenvalue weighted by Gasteiger charge is 2.13. The summed E-state index contributed by atoms with van der Waals surface area (Å²) in [5, 5.41) is 4.41. The first kappa shape index (κ1) is 17.7. The predicted molar refractivity (Wildman–Crippen MR) is 107 cm³/mol. The summed E-state index contributed by atoms with van der Waals surface area (Å²) in [5.41, 5.74) is 3.18. The Hall–Kier alpha value is -2.71. The molecule has 0 aliphatic carbocycles. The Labute approximate surface area is 161 Å². The maximum absolute atomic E-state index is 11.3. The normalized spacial score (nSPS) is 11.9. The lowest BCUT2D eigenvalue weighted by Gasteiger charge is -2.10. The summed E-state index contributed by atoms with van der Waals surface area (Å²) in [5.74, 6) is 0.381. The van der Waals surface area contributed by atoms with Crippen molar-refractivity contribution in [2.45, 2.75) is 0 Å². The van der Waals surface area contributed by atoms with E-state index >= 15 is 0 Å². The number of nitrogens with one attached hydrogen (secondary N) is 1. The van der Waals surface area contributed by atoms with Crippen LogP contribution in [-0.4, -0.2) is 46.3 Å². The van der Waals surface area contributed by atoms with Crippen molar-refractivity contribution in [2.75, 3.05) is 23.9 Å². The quantitative estimate of drug-likeness (QED) is 0.552. The Morgan fingerprint density at radius 3 is 2.74 bits per heavy atom. The molecule has 1 N–H and O–H groups in total. The molecule has 0 aliphatic heterocycles. The smallest absolute Gasteiger partial charge is 0.224 e. The molecule has 7 nitrogen and oxygen atoms in total. The molecule has 27 heavy (non-hydrogen) atoms. The fraction of sp³-hybridized carbons (Fsp3) is 0.167. The summed E-state index contributed by atoms with van der Waals surface area (Å²) in [6, 6.07) is 9.55. The third-order valence-electron chi connectivity index (χ3n) is 4.13. The molecule has 3 heterocycles. The van der Waals surface area contributed by atoms with Gasteiger partial charge in [-0.05, 0) is 12.1 Å². The lowest BCUT2D eigenvalue weighted by molar-refractivity contribution is 0.602. The molecule has 0 unspecified atom stereocenters. The van der Waals surface area contributed by atoms with Crippen molar-refractivity contribution in [2.24, 2.45) is 0 Å². The molecule has 0 spiro atoms. The van der Waals surface area contributed by atoms with Gasteiger partial charge in [0.05, 0.1) is 5.75 Å². The van der Waals surface area contributed by atoms with Gasteiger partial charge < -0.3 is 5.32 Å². The summed E-state index contributed by atoms with van der Waals surface area (Å²) in [7, 11) is -3.05. The van der Waals surface area contributed by atoms with Crippen LogP contribution in [0.4, 0.5) is 5.95 Å². The molecule has 0 aliphatic rings. The maximum Gasteiger partial charge on any atom is 0.224 e. The monoisotopic (exact) mass is 401 g/mol. The highest BCUT2D eigenvalue weighted by molar-refractivity contribution is 7.90. The van der Waals surface area contributed by atoms with Gasteiger partial charge in [0, 0.05) is 52.9 Å². The first-order chi connectivity index (χ1) is 12.9. The second-order valence-corrected chi connectivity index (χ2v) is 8.85. The number of rotatable bonds is 5. The molecule has 1 aromatic carbocycles. The highest BCUT2D eigenvalue weighted by Crippen LogP contribution is 2.32. The van der Waals surface area contributed by atoms with Crippen LogP contribution in [-0.2, 0) is 9.84 Å². The molecule has 138 valence electrons. The van der Waals surface area contributed by atoms with Gasteiger partial charge in [0.25, 0.3) is 0 Å². The fourth-order valence-electron chi connectivity index (χ4n) is 2.88. The van der Waals surface area contributed by atoms with E-state index in [1.165, 1.54) is 6.26 Å². The molecule has 0 bridgehead atoms. The van der Waals surface area contributed by atoms with Crippen LogP contribution in [0.5, 0.6) is 0 Å². The van der Waals surface area contributed by atoms with Crippen LogP contribution in [0.3, 0.4) is 0 Å². The van der Waals surface area contributed by atoms with Gasteiger partial charge in [-0.2, -0.15) is 4.98 Å². The number of aromatic nitrogens is 4. The fourth-order valence-corrected chi connectivity index (χ4v) is 3.59. The molecular formula is C18H16ClN5O2S. The number of sulfone groups is 1. The van der Waals surface area contributed by atoms with Gasteiger partial charge in [0.15, 0.2) is 5.65 Å². The van der Waals surface area contributed by atoms with E-state index in [-0.39, 0.29) is 12.3 Å². The second kappa shape index (κ2) is 6.79. The number of halogens is 1. The SMILES string of the molecule is CS(=O)(=O)CCNc1ncc2cc(-c3ccccc3Cl)c3nccn3c2n1. The van der Waals surface area contributed by atoms with Crippen molar-refractivity contribution in [3.63, 3.8) is 0 Å². The third kappa shape index (κ3) is 3.58. The van der Waals surface area contributed by atoms with E-state index in [0.717, 1.165) is 22.2 Å². The molecule has 0 radical (unpaired) electrons. The minimum absolute atomic E-state index is 0.0142. The van der Waals surface area contributed by atoms with Gasteiger partial charge in [-0.25, -0.2) is 18.4 Å². The van der Waals surface area contributed by atoms with Gasteiger partial charge in [-0.1, -0.05) is 29.8 Å². The van der Waals surface area contributed by atoms with Crippen molar-refractivity contribution in [3.05, 3.63) is 53.9 Å². The molecule has 0 amide bonds. The first-order valence-corrected chi connectivity index (χ1v) is 10.7. The minimum Gasteiger partial charge on any atom is -0.353 e. The number of anilines is 1. The summed E-state index contributed by atoms with van der Waals surface area (Å²) in [6.45, 7) is 0.245. The average molecular weight is 402 g/mol. The second-order valence-electron chi connectivity index (χ2n) is 6.19. The van der Waals surface area contributed by atoms with Crippen LogP contribution in [0.2, 0.25) is 5.02 Å². The molecule has 4 rings (SSSR count). The Morgan fingerprint density at radius 1 is 1.15 bits per heavy atom. The molecule has 0 saturated heterocycles. The number of benzene rings is 1. The minimum atomic E-state index is -3.05. The summed E-state index contributed by atoms with van der Waals surface area (Å²) < 4.78 is 24.4. The molecule has 3 aromatic heterocycles. The van der Waals surface area contributed by atoms with Crippen molar-refractivity contribution in [1.82, 2.24) is 19.4 Å². The Kier molecular flexibility index (Phi) is 4.45. The summed E-state index contributed by atoms with van der Waals surface area (Å²) in [4.78, 5) is 13.3. The van der Waals surface area contributed by atoms with Crippen LogP contribution >= 0.6 is 11.6 Å². The van der Waals surface area contributed by atoms with Crippen molar-refractivity contribution < 1.29 is 8.42 Å². The Bertz CT molecular complexity index is 1250. The zero-order valence-corrected chi connectivity index (χ0v) is 16.0. The number of imidazole rings is 1. The van der Waals surface area contributed by atoms with Gasteiger partial charge in [0.2, 0.25) is 5.95 Å².